The Labute approximate surface area is 142 Å². The number of amides is 4. The molecule has 8 heteroatoms. The van der Waals surface area contributed by atoms with Gasteiger partial charge in [-0.25, -0.2) is 9.18 Å². The smallest absolute Gasteiger partial charge is 0.321 e. The van der Waals surface area contributed by atoms with Crippen molar-refractivity contribution in [1.82, 2.24) is 16.2 Å². The summed E-state index contributed by atoms with van der Waals surface area (Å²) in [5, 5.41) is 2.69. The molecule has 3 rings (SSSR count). The van der Waals surface area contributed by atoms with Gasteiger partial charge in [-0.05, 0) is 36.4 Å². The van der Waals surface area contributed by atoms with Crippen LogP contribution in [0.5, 0.6) is 0 Å². The highest BCUT2D eigenvalue weighted by atomic mass is 19.1. The highest BCUT2D eigenvalue weighted by Crippen LogP contribution is 2.17. The summed E-state index contributed by atoms with van der Waals surface area (Å²) >= 11 is 0. The molecule has 4 amide bonds. The molecule has 0 radical (unpaired) electrons. The van der Waals surface area contributed by atoms with Crippen molar-refractivity contribution in [2.45, 2.75) is 0 Å². The summed E-state index contributed by atoms with van der Waals surface area (Å²) in [4.78, 5) is 37.0. The van der Waals surface area contributed by atoms with Crippen molar-refractivity contribution in [1.29, 1.82) is 0 Å². The first kappa shape index (κ1) is 16.4. The van der Waals surface area contributed by atoms with E-state index in [2.05, 4.69) is 16.2 Å². The van der Waals surface area contributed by atoms with E-state index in [1.54, 1.807) is 17.0 Å². The molecular formula is C17H15FN4O3. The third-order valence-corrected chi connectivity index (χ3v) is 3.71. The molecule has 128 valence electrons. The van der Waals surface area contributed by atoms with Gasteiger partial charge >= 0.3 is 6.03 Å². The van der Waals surface area contributed by atoms with Gasteiger partial charge in [0.25, 0.3) is 11.8 Å². The molecule has 0 atom stereocenters. The molecule has 7 nitrogen and oxygen atoms in total. The number of carbonyl (C=O) groups is 3. The molecule has 0 aromatic heterocycles. The molecule has 3 N–H and O–H groups in total. The number of carbonyl (C=O) groups excluding carboxylic acids is 3. The minimum atomic E-state index is -0.753. The van der Waals surface area contributed by atoms with E-state index in [-0.39, 0.29) is 17.2 Å². The lowest BCUT2D eigenvalue weighted by Crippen LogP contribution is -2.41. The van der Waals surface area contributed by atoms with Crippen LogP contribution in [0.2, 0.25) is 0 Å². The van der Waals surface area contributed by atoms with Crippen LogP contribution in [0.25, 0.3) is 0 Å². The van der Waals surface area contributed by atoms with E-state index in [4.69, 9.17) is 0 Å². The zero-order chi connectivity index (χ0) is 17.8. The van der Waals surface area contributed by atoms with E-state index >= 15 is 0 Å². The zero-order valence-corrected chi connectivity index (χ0v) is 13.1. The van der Waals surface area contributed by atoms with Gasteiger partial charge in [-0.2, -0.15) is 0 Å². The summed E-state index contributed by atoms with van der Waals surface area (Å²) in [6, 6.07) is 11.6. The Morgan fingerprint density at radius 3 is 2.32 bits per heavy atom. The van der Waals surface area contributed by atoms with Gasteiger partial charge in [-0.3, -0.25) is 25.3 Å². The molecule has 0 spiro atoms. The Morgan fingerprint density at radius 1 is 1.00 bits per heavy atom. The van der Waals surface area contributed by atoms with E-state index in [1.807, 2.05) is 0 Å². The maximum Gasteiger partial charge on any atom is 0.321 e. The van der Waals surface area contributed by atoms with Crippen LogP contribution in [-0.4, -0.2) is 30.9 Å². The molecule has 2 aromatic carbocycles. The van der Waals surface area contributed by atoms with Crippen molar-refractivity contribution in [3.63, 3.8) is 0 Å². The molecule has 0 unspecified atom stereocenters. The normalized spacial score (nSPS) is 13.3. The number of hydrogen-bond donors (Lipinski definition) is 3. The fourth-order valence-corrected chi connectivity index (χ4v) is 2.41. The number of hydrazine groups is 1. The standard InChI is InChI=1S/C17H15FN4O3/c18-14-4-2-1-3-13(14)16(24)21-20-15(23)11-5-7-12(8-6-11)22-10-9-19-17(22)25/h1-8H,9-10H2,(H,19,25)(H,20,23)(H,21,24). The van der Waals surface area contributed by atoms with Gasteiger partial charge in [0.15, 0.2) is 0 Å². The predicted molar refractivity (Wildman–Crippen MR) is 88.5 cm³/mol. The second kappa shape index (κ2) is 7.00. The van der Waals surface area contributed by atoms with E-state index in [0.29, 0.717) is 18.8 Å². The zero-order valence-electron chi connectivity index (χ0n) is 13.1. The third-order valence-electron chi connectivity index (χ3n) is 3.71. The van der Waals surface area contributed by atoms with E-state index in [9.17, 15) is 18.8 Å². The molecule has 0 aliphatic carbocycles. The van der Waals surface area contributed by atoms with Crippen LogP contribution in [0.1, 0.15) is 20.7 Å². The number of hydrogen-bond acceptors (Lipinski definition) is 3. The fourth-order valence-electron chi connectivity index (χ4n) is 2.41. The van der Waals surface area contributed by atoms with Gasteiger partial charge in [-0.1, -0.05) is 12.1 Å². The molecule has 1 heterocycles. The SMILES string of the molecule is O=C(NNC(=O)c1ccccc1F)c1ccc(N2CCNC2=O)cc1. The second-order valence-corrected chi connectivity index (χ2v) is 5.32. The van der Waals surface area contributed by atoms with Crippen LogP contribution in [0.15, 0.2) is 48.5 Å². The quantitative estimate of drug-likeness (QED) is 0.737. The lowest BCUT2D eigenvalue weighted by Gasteiger charge is -2.14. The number of urea groups is 1. The topological polar surface area (TPSA) is 90.5 Å². The average molecular weight is 342 g/mol. The molecule has 1 aliphatic rings. The molecule has 1 aliphatic heterocycles. The summed E-state index contributed by atoms with van der Waals surface area (Å²) in [6.45, 7) is 1.13. The third kappa shape index (κ3) is 3.57. The Balaban J connectivity index is 1.61. The van der Waals surface area contributed by atoms with Crippen LogP contribution >= 0.6 is 0 Å². The molecule has 2 aromatic rings. The van der Waals surface area contributed by atoms with E-state index < -0.39 is 17.6 Å². The van der Waals surface area contributed by atoms with Crippen molar-refractivity contribution >= 4 is 23.5 Å². The summed E-state index contributed by atoms with van der Waals surface area (Å²) in [5.41, 5.74) is 5.18. The van der Waals surface area contributed by atoms with Gasteiger partial charge in [0.1, 0.15) is 5.82 Å². The molecular weight excluding hydrogens is 327 g/mol. The van der Waals surface area contributed by atoms with Crippen LogP contribution < -0.4 is 21.1 Å². The Morgan fingerprint density at radius 2 is 1.68 bits per heavy atom. The Kier molecular flexibility index (Phi) is 4.60. The largest absolute Gasteiger partial charge is 0.336 e. The lowest BCUT2D eigenvalue weighted by molar-refractivity contribution is 0.0844. The number of benzene rings is 2. The summed E-state index contributed by atoms with van der Waals surface area (Å²) < 4.78 is 13.5. The number of nitrogens with one attached hydrogen (secondary N) is 3. The number of anilines is 1. The number of rotatable bonds is 3. The highest BCUT2D eigenvalue weighted by molar-refractivity contribution is 6.00. The van der Waals surface area contributed by atoms with Crippen molar-refractivity contribution in [2.24, 2.45) is 0 Å². The van der Waals surface area contributed by atoms with Crippen LogP contribution in [0, 0.1) is 5.82 Å². The highest BCUT2D eigenvalue weighted by Gasteiger charge is 2.21. The Bertz CT molecular complexity index is 823. The average Bonchev–Trinajstić information content (AvgIpc) is 3.06. The molecule has 0 bridgehead atoms. The molecule has 1 fully saturated rings. The second-order valence-electron chi connectivity index (χ2n) is 5.32. The van der Waals surface area contributed by atoms with E-state index in [0.717, 1.165) is 6.07 Å². The fraction of sp³-hybridized carbons (Fsp3) is 0.118. The lowest BCUT2D eigenvalue weighted by atomic mass is 10.2. The van der Waals surface area contributed by atoms with Gasteiger partial charge in [0.05, 0.1) is 5.56 Å². The van der Waals surface area contributed by atoms with E-state index in [1.165, 1.54) is 30.3 Å². The summed E-state index contributed by atoms with van der Waals surface area (Å²) in [5.74, 6) is -1.98. The van der Waals surface area contributed by atoms with Crippen molar-refractivity contribution < 1.29 is 18.8 Å². The molecule has 0 saturated carbocycles. The van der Waals surface area contributed by atoms with Crippen molar-refractivity contribution in [2.75, 3.05) is 18.0 Å². The number of nitrogens with zero attached hydrogens (tertiary/aromatic N) is 1. The molecule has 25 heavy (non-hydrogen) atoms. The first-order chi connectivity index (χ1) is 12.1. The van der Waals surface area contributed by atoms with Crippen LogP contribution in [0.3, 0.4) is 0 Å². The summed E-state index contributed by atoms with van der Waals surface area (Å²) in [7, 11) is 0. The minimum Gasteiger partial charge on any atom is -0.336 e. The van der Waals surface area contributed by atoms with Crippen molar-refractivity contribution in [3.8, 4) is 0 Å². The first-order valence-electron chi connectivity index (χ1n) is 7.57. The van der Waals surface area contributed by atoms with Gasteiger partial charge < -0.3 is 5.32 Å². The molecule has 1 saturated heterocycles. The maximum atomic E-state index is 13.5. The first-order valence-corrected chi connectivity index (χ1v) is 7.57. The Hall–Kier alpha value is -3.42. The van der Waals surface area contributed by atoms with Crippen LogP contribution in [0.4, 0.5) is 14.9 Å². The van der Waals surface area contributed by atoms with Gasteiger partial charge in [0, 0.05) is 24.3 Å². The van der Waals surface area contributed by atoms with Crippen molar-refractivity contribution in [3.05, 3.63) is 65.5 Å². The maximum absolute atomic E-state index is 13.5. The minimum absolute atomic E-state index is 0.168. The van der Waals surface area contributed by atoms with Gasteiger partial charge in [0.2, 0.25) is 0 Å². The van der Waals surface area contributed by atoms with Crippen LogP contribution in [-0.2, 0) is 0 Å². The monoisotopic (exact) mass is 342 g/mol. The predicted octanol–water partition coefficient (Wildman–Crippen LogP) is 1.43. The summed E-state index contributed by atoms with van der Waals surface area (Å²) in [6.07, 6.45) is 0. The number of halogens is 1. The van der Waals surface area contributed by atoms with Gasteiger partial charge in [-0.15, -0.1) is 0 Å².